The zero-order chi connectivity index (χ0) is 25.2. The summed E-state index contributed by atoms with van der Waals surface area (Å²) in [6, 6.07) is 5.77. The van der Waals surface area contributed by atoms with Crippen LogP contribution in [0.1, 0.15) is 108 Å². The molecule has 0 saturated heterocycles. The van der Waals surface area contributed by atoms with E-state index in [9.17, 15) is 8.78 Å². The van der Waals surface area contributed by atoms with Gasteiger partial charge in [-0.2, -0.15) is 0 Å². The van der Waals surface area contributed by atoms with Crippen molar-refractivity contribution in [2.24, 2.45) is 5.92 Å². The molecule has 2 aromatic carbocycles. The van der Waals surface area contributed by atoms with Gasteiger partial charge in [0.1, 0.15) is 0 Å². The van der Waals surface area contributed by atoms with Gasteiger partial charge in [-0.1, -0.05) is 95.2 Å². The summed E-state index contributed by atoms with van der Waals surface area (Å²) in [4.78, 5) is 0. The van der Waals surface area contributed by atoms with Gasteiger partial charge in [0, 0.05) is 11.1 Å². The van der Waals surface area contributed by atoms with Crippen LogP contribution in [0.4, 0.5) is 17.6 Å². The minimum absolute atomic E-state index is 0.0198. The summed E-state index contributed by atoms with van der Waals surface area (Å²) in [7, 11) is 0. The van der Waals surface area contributed by atoms with Crippen molar-refractivity contribution in [2.45, 2.75) is 103 Å². The second-order valence-corrected chi connectivity index (χ2v) is 10.1. The standard InChI is InChI=1S/C31H40F4/c1-3-5-7-8-9-11-12-22-14-16-23(17-15-22)25-20-21-27(31(35)29(25)33)26-19-18-24(13-10-6-4-2)28(32)30(26)34/h6,10,18-23H,3-5,7-9,11-17H2,1-2H3/b10-6-. The molecule has 3 rings (SSSR count). The Morgan fingerprint density at radius 2 is 1.31 bits per heavy atom. The highest BCUT2D eigenvalue weighted by Crippen LogP contribution is 2.40. The molecule has 1 aliphatic rings. The fourth-order valence-electron chi connectivity index (χ4n) is 5.40. The van der Waals surface area contributed by atoms with Gasteiger partial charge < -0.3 is 0 Å². The molecule has 0 aromatic heterocycles. The summed E-state index contributed by atoms with van der Waals surface area (Å²) in [5.41, 5.74) is 0.101. The molecule has 1 fully saturated rings. The maximum Gasteiger partial charge on any atom is 0.167 e. The Kier molecular flexibility index (Phi) is 10.9. The smallest absolute Gasteiger partial charge is 0.167 e. The molecule has 2 aromatic rings. The molecule has 0 N–H and O–H groups in total. The van der Waals surface area contributed by atoms with Crippen LogP contribution in [-0.4, -0.2) is 0 Å². The van der Waals surface area contributed by atoms with Gasteiger partial charge >= 0.3 is 0 Å². The molecule has 0 aliphatic heterocycles. The molecule has 1 aliphatic carbocycles. The zero-order valence-corrected chi connectivity index (χ0v) is 21.3. The van der Waals surface area contributed by atoms with Crippen LogP contribution >= 0.6 is 0 Å². The first-order chi connectivity index (χ1) is 17.0. The number of hydrogen-bond donors (Lipinski definition) is 0. The van der Waals surface area contributed by atoms with Gasteiger partial charge in [0.25, 0.3) is 0 Å². The summed E-state index contributed by atoms with van der Waals surface area (Å²) >= 11 is 0. The van der Waals surface area contributed by atoms with Gasteiger partial charge in [0.05, 0.1) is 0 Å². The Balaban J connectivity index is 1.64. The molecule has 0 nitrogen and oxygen atoms in total. The van der Waals surface area contributed by atoms with Crippen LogP contribution in [0, 0.1) is 29.2 Å². The van der Waals surface area contributed by atoms with Crippen LogP contribution in [0.5, 0.6) is 0 Å². The molecule has 4 heteroatoms. The fraction of sp³-hybridized carbons (Fsp3) is 0.548. The third-order valence-corrected chi connectivity index (χ3v) is 7.56. The second-order valence-electron chi connectivity index (χ2n) is 10.1. The van der Waals surface area contributed by atoms with Crippen LogP contribution in [0.3, 0.4) is 0 Å². The van der Waals surface area contributed by atoms with E-state index in [1.165, 1.54) is 63.1 Å². The third kappa shape index (κ3) is 7.21. The quantitative estimate of drug-likeness (QED) is 0.158. The largest absolute Gasteiger partial charge is 0.203 e. The lowest BCUT2D eigenvalue weighted by Crippen LogP contribution is -2.15. The molecule has 0 radical (unpaired) electrons. The molecule has 0 bridgehead atoms. The Morgan fingerprint density at radius 1 is 0.686 bits per heavy atom. The summed E-state index contributed by atoms with van der Waals surface area (Å²) in [6.07, 6.45) is 17.5. The van der Waals surface area contributed by atoms with Crippen molar-refractivity contribution in [3.63, 3.8) is 0 Å². The first-order valence-electron chi connectivity index (χ1n) is 13.6. The molecule has 0 spiro atoms. The highest BCUT2D eigenvalue weighted by molar-refractivity contribution is 5.66. The molecule has 0 heterocycles. The summed E-state index contributed by atoms with van der Waals surface area (Å²) in [6.45, 7) is 4.18. The average Bonchev–Trinajstić information content (AvgIpc) is 2.87. The van der Waals surface area contributed by atoms with E-state index in [2.05, 4.69) is 6.92 Å². The highest BCUT2D eigenvalue weighted by atomic mass is 19.2. The van der Waals surface area contributed by atoms with E-state index in [1.54, 1.807) is 12.1 Å². The Labute approximate surface area is 208 Å². The average molecular weight is 489 g/mol. The SMILES string of the molecule is CC/C=C\Cc1ccc(-c2ccc(C3CCC(CCCCCCCC)CC3)c(F)c2F)c(F)c1F. The van der Waals surface area contributed by atoms with E-state index >= 15 is 8.78 Å². The van der Waals surface area contributed by atoms with Crippen LogP contribution < -0.4 is 0 Å². The highest BCUT2D eigenvalue weighted by Gasteiger charge is 2.27. The Morgan fingerprint density at radius 3 is 2.00 bits per heavy atom. The maximum atomic E-state index is 15.1. The lowest BCUT2D eigenvalue weighted by Gasteiger charge is -2.29. The normalized spacial score (nSPS) is 18.5. The van der Waals surface area contributed by atoms with E-state index in [0.29, 0.717) is 11.5 Å². The first-order valence-corrected chi connectivity index (χ1v) is 13.6. The van der Waals surface area contributed by atoms with Gasteiger partial charge in [0.2, 0.25) is 0 Å². The minimum atomic E-state index is -1.13. The molecular formula is C31H40F4. The predicted octanol–water partition coefficient (Wildman–Crippen LogP) is 10.4. The molecule has 192 valence electrons. The van der Waals surface area contributed by atoms with Gasteiger partial charge in [-0.3, -0.25) is 0 Å². The number of allylic oxidation sites excluding steroid dienone is 2. The van der Waals surface area contributed by atoms with Crippen LogP contribution in [-0.2, 0) is 6.42 Å². The molecular weight excluding hydrogens is 448 g/mol. The lowest BCUT2D eigenvalue weighted by molar-refractivity contribution is 0.297. The van der Waals surface area contributed by atoms with Gasteiger partial charge in [-0.15, -0.1) is 0 Å². The van der Waals surface area contributed by atoms with Crippen molar-refractivity contribution in [1.82, 2.24) is 0 Å². The molecule has 0 atom stereocenters. The van der Waals surface area contributed by atoms with Crippen LogP contribution in [0.2, 0.25) is 0 Å². The van der Waals surface area contributed by atoms with E-state index in [4.69, 9.17) is 0 Å². The van der Waals surface area contributed by atoms with Crippen LogP contribution in [0.15, 0.2) is 36.4 Å². The number of halogens is 4. The second kappa shape index (κ2) is 13.8. The van der Waals surface area contributed by atoms with Crippen molar-refractivity contribution in [3.8, 4) is 11.1 Å². The Hall–Kier alpha value is -2.10. The summed E-state index contributed by atoms with van der Waals surface area (Å²) in [5, 5.41) is 0. The molecule has 1 saturated carbocycles. The van der Waals surface area contributed by atoms with E-state index in [1.807, 2.05) is 13.0 Å². The van der Waals surface area contributed by atoms with Crippen LogP contribution in [0.25, 0.3) is 11.1 Å². The van der Waals surface area contributed by atoms with Crippen molar-refractivity contribution in [3.05, 3.63) is 70.8 Å². The predicted molar refractivity (Wildman–Crippen MR) is 138 cm³/mol. The number of benzene rings is 2. The number of unbranched alkanes of at least 4 members (excludes halogenated alkanes) is 5. The number of hydrogen-bond acceptors (Lipinski definition) is 0. The van der Waals surface area contributed by atoms with Gasteiger partial charge in [-0.25, -0.2) is 17.6 Å². The lowest BCUT2D eigenvalue weighted by atomic mass is 9.76. The molecule has 0 amide bonds. The van der Waals surface area contributed by atoms with Crippen molar-refractivity contribution < 1.29 is 17.6 Å². The van der Waals surface area contributed by atoms with Gasteiger partial charge in [-0.05, 0) is 61.5 Å². The molecule has 35 heavy (non-hydrogen) atoms. The fourth-order valence-corrected chi connectivity index (χ4v) is 5.40. The first kappa shape index (κ1) is 27.5. The Bertz CT molecular complexity index is 970. The minimum Gasteiger partial charge on any atom is -0.203 e. The summed E-state index contributed by atoms with van der Waals surface area (Å²) < 4.78 is 59.5. The number of rotatable bonds is 12. The topological polar surface area (TPSA) is 0 Å². The van der Waals surface area contributed by atoms with E-state index in [0.717, 1.165) is 32.1 Å². The van der Waals surface area contributed by atoms with Crippen molar-refractivity contribution in [2.75, 3.05) is 0 Å². The van der Waals surface area contributed by atoms with E-state index < -0.39 is 23.3 Å². The van der Waals surface area contributed by atoms with E-state index in [-0.39, 0.29) is 29.0 Å². The van der Waals surface area contributed by atoms with Crippen molar-refractivity contribution in [1.29, 1.82) is 0 Å². The monoisotopic (exact) mass is 488 g/mol. The summed E-state index contributed by atoms with van der Waals surface area (Å²) in [5.74, 6) is -3.49. The van der Waals surface area contributed by atoms with Crippen molar-refractivity contribution >= 4 is 0 Å². The molecule has 0 unspecified atom stereocenters. The zero-order valence-electron chi connectivity index (χ0n) is 21.3. The third-order valence-electron chi connectivity index (χ3n) is 7.56. The van der Waals surface area contributed by atoms with Gasteiger partial charge in [0.15, 0.2) is 23.3 Å². The maximum absolute atomic E-state index is 15.1.